The van der Waals surface area contributed by atoms with Gasteiger partial charge in [-0.3, -0.25) is 14.5 Å². The molecule has 2 aliphatic rings. The summed E-state index contributed by atoms with van der Waals surface area (Å²) in [7, 11) is 2.03. The number of hydrogen-bond acceptors (Lipinski definition) is 4. The Morgan fingerprint density at radius 1 is 0.933 bits per heavy atom. The van der Waals surface area contributed by atoms with Gasteiger partial charge in [-0.25, -0.2) is 0 Å². The molecule has 2 aromatic rings. The van der Waals surface area contributed by atoms with Crippen LogP contribution in [0.5, 0.6) is 0 Å². The summed E-state index contributed by atoms with van der Waals surface area (Å²) in [4.78, 5) is 31.6. The Labute approximate surface area is 178 Å². The molecule has 2 aromatic carbocycles. The van der Waals surface area contributed by atoms with Gasteiger partial charge in [0.1, 0.15) is 0 Å². The number of fused-ring (bicyclic) bond motifs is 1. The van der Waals surface area contributed by atoms with E-state index in [1.54, 1.807) is 0 Å². The zero-order valence-electron chi connectivity index (χ0n) is 18.0. The van der Waals surface area contributed by atoms with E-state index < -0.39 is 0 Å². The van der Waals surface area contributed by atoms with Gasteiger partial charge in [-0.1, -0.05) is 50.2 Å². The average Bonchev–Trinajstić information content (AvgIpc) is 2.95. The maximum atomic E-state index is 12.9. The monoisotopic (exact) mass is 403 g/mol. The lowest BCUT2D eigenvalue weighted by atomic mass is 9.83. The first-order valence-corrected chi connectivity index (χ1v) is 10.5. The molecule has 1 amide bonds. The lowest BCUT2D eigenvalue weighted by molar-refractivity contribution is -0.116. The molecule has 0 aliphatic carbocycles. The van der Waals surface area contributed by atoms with E-state index in [9.17, 15) is 9.59 Å². The number of amides is 1. The van der Waals surface area contributed by atoms with E-state index in [0.717, 1.165) is 16.9 Å². The summed E-state index contributed by atoms with van der Waals surface area (Å²) in [5.41, 5.74) is 3.97. The van der Waals surface area contributed by atoms with Gasteiger partial charge in [-0.2, -0.15) is 0 Å². The average molecular weight is 404 g/mol. The Morgan fingerprint density at radius 2 is 1.57 bits per heavy atom. The van der Waals surface area contributed by atoms with Crippen molar-refractivity contribution in [3.05, 3.63) is 77.5 Å². The molecule has 0 N–H and O–H groups in total. The zero-order valence-corrected chi connectivity index (χ0v) is 18.0. The minimum atomic E-state index is -0.193. The number of rotatable bonds is 4. The normalized spacial score (nSPS) is 19.8. The molecule has 0 aromatic heterocycles. The number of hydrogen-bond donors (Lipinski definition) is 0. The van der Waals surface area contributed by atoms with E-state index in [-0.39, 0.29) is 17.1 Å². The number of para-hydroxylation sites is 1. The standard InChI is InChI=1S/C25H29N3O2/c1-25(2)21-11-7-8-12-22(21)26(3)23(25)17-20(29)18-27-13-15-28(16-14-27)24(30)19-9-5-4-6-10-19/h4-12,17H,13-16,18H2,1-3H3/b23-17-. The molecule has 0 saturated carbocycles. The summed E-state index contributed by atoms with van der Waals surface area (Å²) in [5, 5.41) is 0. The van der Waals surface area contributed by atoms with Crippen LogP contribution in [-0.4, -0.2) is 61.3 Å². The van der Waals surface area contributed by atoms with Gasteiger partial charge in [0.15, 0.2) is 5.78 Å². The minimum absolute atomic E-state index is 0.0655. The first kappa shape index (κ1) is 20.4. The van der Waals surface area contributed by atoms with Crippen molar-refractivity contribution < 1.29 is 9.59 Å². The van der Waals surface area contributed by atoms with E-state index in [0.29, 0.717) is 32.7 Å². The van der Waals surface area contributed by atoms with Gasteiger partial charge >= 0.3 is 0 Å². The predicted molar refractivity (Wildman–Crippen MR) is 120 cm³/mol. The summed E-state index contributed by atoms with van der Waals surface area (Å²) in [5.74, 6) is 0.177. The van der Waals surface area contributed by atoms with Crippen LogP contribution in [0.4, 0.5) is 5.69 Å². The van der Waals surface area contributed by atoms with Gasteiger partial charge in [-0.15, -0.1) is 0 Å². The minimum Gasteiger partial charge on any atom is -0.347 e. The molecule has 156 valence electrons. The van der Waals surface area contributed by atoms with Gasteiger partial charge in [0.05, 0.1) is 6.54 Å². The molecule has 5 heteroatoms. The summed E-state index contributed by atoms with van der Waals surface area (Å²) >= 11 is 0. The van der Waals surface area contributed by atoms with Crippen LogP contribution < -0.4 is 4.90 Å². The van der Waals surface area contributed by atoms with E-state index in [1.165, 1.54) is 5.56 Å². The Hall–Kier alpha value is -2.92. The number of carbonyl (C=O) groups excluding carboxylic acids is 2. The molecule has 30 heavy (non-hydrogen) atoms. The highest BCUT2D eigenvalue weighted by Crippen LogP contribution is 2.46. The molecule has 0 spiro atoms. The number of piperazine rings is 1. The predicted octanol–water partition coefficient (Wildman–Crippen LogP) is 3.33. The number of anilines is 1. The fourth-order valence-electron chi connectivity index (χ4n) is 4.55. The highest BCUT2D eigenvalue weighted by Gasteiger charge is 2.38. The van der Waals surface area contributed by atoms with Crippen LogP contribution in [-0.2, 0) is 10.2 Å². The number of nitrogens with zero attached hydrogens (tertiary/aromatic N) is 3. The lowest BCUT2D eigenvalue weighted by Gasteiger charge is -2.34. The van der Waals surface area contributed by atoms with Crippen LogP contribution in [0.25, 0.3) is 0 Å². The van der Waals surface area contributed by atoms with Crippen molar-refractivity contribution in [1.82, 2.24) is 9.80 Å². The quantitative estimate of drug-likeness (QED) is 0.735. The van der Waals surface area contributed by atoms with Crippen molar-refractivity contribution in [2.75, 3.05) is 44.7 Å². The second kappa shape index (κ2) is 8.07. The number of benzene rings is 2. The summed E-state index contributed by atoms with van der Waals surface area (Å²) < 4.78 is 0. The first-order valence-electron chi connectivity index (χ1n) is 10.5. The third kappa shape index (κ3) is 3.77. The van der Waals surface area contributed by atoms with E-state index in [2.05, 4.69) is 41.8 Å². The van der Waals surface area contributed by atoms with Crippen LogP contribution in [0.3, 0.4) is 0 Å². The molecule has 5 nitrogen and oxygen atoms in total. The number of likely N-dealkylation sites (N-methyl/N-ethyl adjacent to an activating group) is 1. The van der Waals surface area contributed by atoms with Gasteiger partial charge in [0.2, 0.25) is 0 Å². The van der Waals surface area contributed by atoms with Gasteiger partial charge in [0, 0.05) is 61.7 Å². The van der Waals surface area contributed by atoms with Crippen molar-refractivity contribution in [2.45, 2.75) is 19.3 Å². The molecular formula is C25H29N3O2. The zero-order chi connectivity index (χ0) is 21.3. The third-order valence-corrected chi connectivity index (χ3v) is 6.30. The van der Waals surface area contributed by atoms with E-state index in [4.69, 9.17) is 0 Å². The third-order valence-electron chi connectivity index (χ3n) is 6.30. The maximum Gasteiger partial charge on any atom is 0.253 e. The van der Waals surface area contributed by atoms with E-state index in [1.807, 2.05) is 54.4 Å². The van der Waals surface area contributed by atoms with Crippen LogP contribution in [0.2, 0.25) is 0 Å². The molecule has 1 fully saturated rings. The van der Waals surface area contributed by atoms with Gasteiger partial charge in [-0.05, 0) is 23.8 Å². The van der Waals surface area contributed by atoms with Crippen molar-refractivity contribution >= 4 is 17.4 Å². The molecule has 2 heterocycles. The van der Waals surface area contributed by atoms with Crippen molar-refractivity contribution in [3.8, 4) is 0 Å². The van der Waals surface area contributed by atoms with Gasteiger partial charge in [0.25, 0.3) is 5.91 Å². The Bertz CT molecular complexity index is 973. The first-order chi connectivity index (χ1) is 14.4. The summed E-state index contributed by atoms with van der Waals surface area (Å²) in [6, 6.07) is 17.7. The molecule has 0 bridgehead atoms. The molecule has 2 aliphatic heterocycles. The number of ketones is 1. The Kier molecular flexibility index (Phi) is 5.48. The highest BCUT2D eigenvalue weighted by molar-refractivity contribution is 5.95. The number of carbonyl (C=O) groups is 2. The highest BCUT2D eigenvalue weighted by atomic mass is 16.2. The molecule has 0 unspecified atom stereocenters. The maximum absolute atomic E-state index is 12.9. The molecule has 0 radical (unpaired) electrons. The van der Waals surface area contributed by atoms with E-state index >= 15 is 0 Å². The molecule has 1 saturated heterocycles. The Balaban J connectivity index is 1.37. The molecular weight excluding hydrogens is 374 g/mol. The molecule has 4 rings (SSSR count). The van der Waals surface area contributed by atoms with Crippen molar-refractivity contribution in [2.24, 2.45) is 0 Å². The lowest BCUT2D eigenvalue weighted by Crippen LogP contribution is -2.49. The second-order valence-electron chi connectivity index (χ2n) is 8.63. The fraction of sp³-hybridized carbons (Fsp3) is 0.360. The van der Waals surface area contributed by atoms with Crippen LogP contribution >= 0.6 is 0 Å². The summed E-state index contributed by atoms with van der Waals surface area (Å²) in [6.45, 7) is 7.45. The van der Waals surface area contributed by atoms with Crippen LogP contribution in [0.1, 0.15) is 29.8 Å². The number of allylic oxidation sites excluding steroid dienone is 1. The topological polar surface area (TPSA) is 43.9 Å². The van der Waals surface area contributed by atoms with Crippen LogP contribution in [0.15, 0.2) is 66.4 Å². The molecule has 0 atom stereocenters. The van der Waals surface area contributed by atoms with Crippen molar-refractivity contribution in [1.29, 1.82) is 0 Å². The fourth-order valence-corrected chi connectivity index (χ4v) is 4.55. The Morgan fingerprint density at radius 3 is 2.23 bits per heavy atom. The van der Waals surface area contributed by atoms with Gasteiger partial charge < -0.3 is 9.80 Å². The smallest absolute Gasteiger partial charge is 0.253 e. The largest absolute Gasteiger partial charge is 0.347 e. The second-order valence-corrected chi connectivity index (χ2v) is 8.63. The SMILES string of the molecule is CN1/C(=C\C(=O)CN2CCN(C(=O)c3ccccc3)CC2)C(C)(C)c2ccccc21. The van der Waals surface area contributed by atoms with Crippen LogP contribution in [0, 0.1) is 0 Å². The van der Waals surface area contributed by atoms with Crippen molar-refractivity contribution in [3.63, 3.8) is 0 Å². The summed E-state index contributed by atoms with van der Waals surface area (Å²) in [6.07, 6.45) is 1.81.